The fourth-order valence-electron chi connectivity index (χ4n) is 2.05. The number of aromatic nitrogens is 2. The number of nitrogens with zero attached hydrogens (tertiary/aromatic N) is 2. The number of benzene rings is 1. The number of furan rings is 1. The van der Waals surface area contributed by atoms with Crippen LogP contribution >= 0.6 is 0 Å². The molecule has 104 valence electrons. The van der Waals surface area contributed by atoms with E-state index in [-0.39, 0.29) is 5.56 Å². The van der Waals surface area contributed by atoms with Gasteiger partial charge in [0.15, 0.2) is 5.76 Å². The van der Waals surface area contributed by atoms with E-state index >= 15 is 0 Å². The lowest BCUT2D eigenvalue weighted by Crippen LogP contribution is -2.22. The summed E-state index contributed by atoms with van der Waals surface area (Å²) < 4.78 is 6.74. The summed E-state index contributed by atoms with van der Waals surface area (Å²) in [6, 6.07) is 14.6. The molecular formula is C17H14N2O2. The van der Waals surface area contributed by atoms with Crippen LogP contribution in [0.5, 0.6) is 0 Å². The summed E-state index contributed by atoms with van der Waals surface area (Å²) in [6.45, 7) is 4.14. The third kappa shape index (κ3) is 2.84. The van der Waals surface area contributed by atoms with Crippen LogP contribution in [0.2, 0.25) is 0 Å². The van der Waals surface area contributed by atoms with Crippen molar-refractivity contribution in [1.82, 2.24) is 9.78 Å². The average Bonchev–Trinajstić information content (AvgIpc) is 3.04. The quantitative estimate of drug-likeness (QED) is 0.736. The molecule has 0 bridgehead atoms. The van der Waals surface area contributed by atoms with Crippen LogP contribution in [0, 0.1) is 0 Å². The molecule has 0 aliphatic carbocycles. The lowest BCUT2D eigenvalue weighted by atomic mass is 10.1. The van der Waals surface area contributed by atoms with Gasteiger partial charge >= 0.3 is 0 Å². The first-order valence-electron chi connectivity index (χ1n) is 6.60. The predicted octanol–water partition coefficient (Wildman–Crippen LogP) is 3.19. The highest BCUT2D eigenvalue weighted by Crippen LogP contribution is 2.15. The molecule has 0 unspecified atom stereocenters. The van der Waals surface area contributed by atoms with Gasteiger partial charge in [0.25, 0.3) is 5.56 Å². The number of hydrogen-bond donors (Lipinski definition) is 0. The van der Waals surface area contributed by atoms with Crippen molar-refractivity contribution in [2.75, 3.05) is 0 Å². The van der Waals surface area contributed by atoms with Gasteiger partial charge in [-0.15, -0.1) is 0 Å². The Labute approximate surface area is 122 Å². The Morgan fingerprint density at radius 3 is 2.62 bits per heavy atom. The summed E-state index contributed by atoms with van der Waals surface area (Å²) in [7, 11) is 0. The zero-order valence-corrected chi connectivity index (χ0v) is 11.4. The normalized spacial score (nSPS) is 10.5. The van der Waals surface area contributed by atoms with Crippen molar-refractivity contribution in [2.45, 2.75) is 6.54 Å². The van der Waals surface area contributed by atoms with Crippen LogP contribution in [-0.2, 0) is 6.54 Å². The summed E-state index contributed by atoms with van der Waals surface area (Å²) in [5.41, 5.74) is 2.55. The minimum atomic E-state index is -0.141. The van der Waals surface area contributed by atoms with E-state index in [0.717, 1.165) is 11.1 Å². The Balaban J connectivity index is 1.92. The van der Waals surface area contributed by atoms with Crippen LogP contribution in [-0.4, -0.2) is 9.78 Å². The first kappa shape index (κ1) is 13.1. The van der Waals surface area contributed by atoms with Crippen LogP contribution < -0.4 is 5.56 Å². The first-order valence-corrected chi connectivity index (χ1v) is 6.60. The van der Waals surface area contributed by atoms with Gasteiger partial charge in [0.1, 0.15) is 5.69 Å². The van der Waals surface area contributed by atoms with Gasteiger partial charge in [-0.1, -0.05) is 36.9 Å². The largest absolute Gasteiger partial charge is 0.463 e. The monoisotopic (exact) mass is 278 g/mol. The SMILES string of the molecule is C=Cc1ccc(Cn2nc(-c3ccco3)ccc2=O)cc1. The lowest BCUT2D eigenvalue weighted by Gasteiger charge is -2.06. The molecule has 0 N–H and O–H groups in total. The lowest BCUT2D eigenvalue weighted by molar-refractivity contribution is 0.569. The molecule has 0 saturated carbocycles. The maximum atomic E-state index is 11.9. The fraction of sp³-hybridized carbons (Fsp3) is 0.0588. The molecule has 0 amide bonds. The van der Waals surface area contributed by atoms with Gasteiger partial charge in [-0.25, -0.2) is 4.68 Å². The molecule has 0 spiro atoms. The third-order valence-corrected chi connectivity index (χ3v) is 3.19. The van der Waals surface area contributed by atoms with Crippen LogP contribution in [0.4, 0.5) is 0 Å². The maximum absolute atomic E-state index is 11.9. The minimum Gasteiger partial charge on any atom is -0.463 e. The Morgan fingerprint density at radius 1 is 1.14 bits per heavy atom. The molecule has 0 aliphatic rings. The summed E-state index contributed by atoms with van der Waals surface area (Å²) in [4.78, 5) is 11.9. The zero-order chi connectivity index (χ0) is 14.7. The van der Waals surface area contributed by atoms with Gasteiger partial charge in [0, 0.05) is 6.07 Å². The molecular weight excluding hydrogens is 264 g/mol. The van der Waals surface area contributed by atoms with E-state index in [2.05, 4.69) is 11.7 Å². The molecule has 1 aromatic carbocycles. The van der Waals surface area contributed by atoms with Crippen molar-refractivity contribution in [3.05, 3.63) is 82.9 Å². The average molecular weight is 278 g/mol. The molecule has 0 fully saturated rings. The number of rotatable bonds is 4. The molecule has 3 aromatic rings. The van der Waals surface area contributed by atoms with Crippen LogP contribution in [0.3, 0.4) is 0 Å². The van der Waals surface area contributed by atoms with E-state index < -0.39 is 0 Å². The Bertz CT molecular complexity index is 800. The Kier molecular flexibility index (Phi) is 3.51. The smallest absolute Gasteiger partial charge is 0.267 e. The standard InChI is InChI=1S/C17H14N2O2/c1-2-13-5-7-14(8-6-13)12-19-17(20)10-9-15(18-19)16-4-3-11-21-16/h2-11H,1,12H2. The highest BCUT2D eigenvalue weighted by atomic mass is 16.3. The van der Waals surface area contributed by atoms with E-state index in [4.69, 9.17) is 4.42 Å². The number of hydrogen-bond acceptors (Lipinski definition) is 3. The van der Waals surface area contributed by atoms with Crippen LogP contribution in [0.25, 0.3) is 17.5 Å². The first-order chi connectivity index (χ1) is 10.3. The van der Waals surface area contributed by atoms with E-state index in [1.807, 2.05) is 30.3 Å². The maximum Gasteiger partial charge on any atom is 0.267 e. The van der Waals surface area contributed by atoms with Crippen molar-refractivity contribution in [3.63, 3.8) is 0 Å². The molecule has 2 aromatic heterocycles. The van der Waals surface area contributed by atoms with Crippen molar-refractivity contribution in [3.8, 4) is 11.5 Å². The summed E-state index contributed by atoms with van der Waals surface area (Å²) in [5, 5.41) is 4.34. The topological polar surface area (TPSA) is 48.0 Å². The van der Waals surface area contributed by atoms with E-state index in [1.165, 1.54) is 10.7 Å². The van der Waals surface area contributed by atoms with E-state index in [1.54, 1.807) is 24.5 Å². The summed E-state index contributed by atoms with van der Waals surface area (Å²) >= 11 is 0. The highest BCUT2D eigenvalue weighted by Gasteiger charge is 2.06. The van der Waals surface area contributed by atoms with Crippen molar-refractivity contribution in [2.24, 2.45) is 0 Å². The van der Waals surface area contributed by atoms with Gasteiger partial charge in [0.2, 0.25) is 0 Å². The highest BCUT2D eigenvalue weighted by molar-refractivity contribution is 5.50. The van der Waals surface area contributed by atoms with Gasteiger partial charge in [-0.05, 0) is 29.3 Å². The second-order valence-corrected chi connectivity index (χ2v) is 4.64. The molecule has 0 aliphatic heterocycles. The zero-order valence-electron chi connectivity index (χ0n) is 11.4. The van der Waals surface area contributed by atoms with Crippen LogP contribution in [0.1, 0.15) is 11.1 Å². The molecule has 0 saturated heterocycles. The van der Waals surface area contributed by atoms with Gasteiger partial charge in [-0.3, -0.25) is 4.79 Å². The van der Waals surface area contributed by atoms with Crippen molar-refractivity contribution in [1.29, 1.82) is 0 Å². The molecule has 0 radical (unpaired) electrons. The van der Waals surface area contributed by atoms with Gasteiger partial charge in [-0.2, -0.15) is 5.10 Å². The van der Waals surface area contributed by atoms with Crippen molar-refractivity contribution >= 4 is 6.08 Å². The Morgan fingerprint density at radius 2 is 1.95 bits per heavy atom. The fourth-order valence-corrected chi connectivity index (χ4v) is 2.05. The molecule has 0 atom stereocenters. The summed E-state index contributed by atoms with van der Waals surface area (Å²) in [5.74, 6) is 0.644. The third-order valence-electron chi connectivity index (χ3n) is 3.19. The summed E-state index contributed by atoms with van der Waals surface area (Å²) in [6.07, 6.45) is 3.37. The second-order valence-electron chi connectivity index (χ2n) is 4.64. The van der Waals surface area contributed by atoms with Gasteiger partial charge < -0.3 is 4.42 Å². The second kappa shape index (κ2) is 5.63. The molecule has 21 heavy (non-hydrogen) atoms. The van der Waals surface area contributed by atoms with Gasteiger partial charge in [0.05, 0.1) is 12.8 Å². The predicted molar refractivity (Wildman–Crippen MR) is 81.8 cm³/mol. The minimum absolute atomic E-state index is 0.141. The van der Waals surface area contributed by atoms with E-state index in [0.29, 0.717) is 18.0 Å². The molecule has 3 rings (SSSR count). The Hall–Kier alpha value is -2.88. The molecule has 4 heteroatoms. The molecule has 4 nitrogen and oxygen atoms in total. The van der Waals surface area contributed by atoms with Crippen molar-refractivity contribution < 1.29 is 4.42 Å². The van der Waals surface area contributed by atoms with Crippen LogP contribution in [0.15, 0.2) is 70.6 Å². The van der Waals surface area contributed by atoms with E-state index in [9.17, 15) is 4.79 Å². The molecule has 2 heterocycles.